The molecule has 2 aromatic heterocycles. The van der Waals surface area contributed by atoms with Gasteiger partial charge in [-0.15, -0.1) is 10.2 Å². The van der Waals surface area contributed by atoms with Gasteiger partial charge in [0.2, 0.25) is 0 Å². The number of nitrogens with zero attached hydrogens (tertiary/aromatic N) is 4. The summed E-state index contributed by atoms with van der Waals surface area (Å²) in [5.41, 5.74) is 0.0503. The smallest absolute Gasteiger partial charge is 0.159 e. The topological polar surface area (TPSA) is 35.6 Å². The van der Waals surface area contributed by atoms with Crippen LogP contribution in [0.25, 0.3) is 0 Å². The lowest BCUT2D eigenvalue weighted by Gasteiger charge is -2.42. The molecule has 21 heavy (non-hydrogen) atoms. The maximum absolute atomic E-state index is 4.70. The molecular weight excluding hydrogens is 328 g/mol. The largest absolute Gasteiger partial charge is 0.340 e. The van der Waals surface area contributed by atoms with E-state index < -0.39 is 0 Å². The van der Waals surface area contributed by atoms with E-state index in [9.17, 15) is 0 Å². The zero-order valence-corrected chi connectivity index (χ0v) is 13.6. The summed E-state index contributed by atoms with van der Waals surface area (Å²) in [5, 5.41) is 9.30. The minimum atomic E-state index is 0.0503. The Balaban J connectivity index is 1.65. The first-order valence-corrected chi connectivity index (χ1v) is 8.86. The number of rotatable bonds is 4. The van der Waals surface area contributed by atoms with Crippen molar-refractivity contribution in [1.82, 2.24) is 19.3 Å². The molecule has 0 spiro atoms. The highest BCUT2D eigenvalue weighted by Gasteiger charge is 2.48. The summed E-state index contributed by atoms with van der Waals surface area (Å²) >= 11 is 3.59. The lowest BCUT2D eigenvalue weighted by Crippen LogP contribution is -2.43. The van der Waals surface area contributed by atoms with Crippen LogP contribution in [-0.4, -0.2) is 19.3 Å². The lowest BCUT2D eigenvalue weighted by molar-refractivity contribution is 0.176. The van der Waals surface area contributed by atoms with Gasteiger partial charge in [-0.2, -0.15) is 0 Å². The molecule has 110 valence electrons. The fraction of sp³-hybridized carbons (Fsp3) is 0.625. The Morgan fingerprint density at radius 3 is 2.48 bits per heavy atom. The van der Waals surface area contributed by atoms with Gasteiger partial charge in [-0.05, 0) is 66.9 Å². The van der Waals surface area contributed by atoms with Crippen molar-refractivity contribution in [1.29, 1.82) is 0 Å². The van der Waals surface area contributed by atoms with Gasteiger partial charge in [-0.3, -0.25) is 0 Å². The molecular formula is C16H19BrN4. The van der Waals surface area contributed by atoms with Gasteiger partial charge in [-0.1, -0.05) is 0 Å². The Labute approximate surface area is 132 Å². The highest BCUT2D eigenvalue weighted by Crippen LogP contribution is 2.50. The summed E-state index contributed by atoms with van der Waals surface area (Å²) < 4.78 is 6.03. The molecule has 2 aromatic rings. The quantitative estimate of drug-likeness (QED) is 0.839. The van der Waals surface area contributed by atoms with Crippen LogP contribution < -0.4 is 0 Å². The Hall–Kier alpha value is -1.10. The van der Waals surface area contributed by atoms with E-state index >= 15 is 0 Å². The molecule has 0 atom stereocenters. The fourth-order valence-electron chi connectivity index (χ4n) is 3.68. The third kappa shape index (κ3) is 1.79. The first-order chi connectivity index (χ1) is 10.3. The number of hydrogen-bond donors (Lipinski definition) is 0. The van der Waals surface area contributed by atoms with Gasteiger partial charge in [0, 0.05) is 28.8 Å². The first kappa shape index (κ1) is 12.4. The normalized spacial score (nSPS) is 24.0. The molecule has 3 fully saturated rings. The monoisotopic (exact) mass is 346 g/mol. The van der Waals surface area contributed by atoms with Crippen LogP contribution in [0.2, 0.25) is 0 Å². The maximum Gasteiger partial charge on any atom is 0.159 e. The maximum atomic E-state index is 4.70. The van der Waals surface area contributed by atoms with Crippen LogP contribution in [0, 0.1) is 0 Å². The predicted molar refractivity (Wildman–Crippen MR) is 83.3 cm³/mol. The van der Waals surface area contributed by atoms with Gasteiger partial charge in [0.05, 0.1) is 0 Å². The highest BCUT2D eigenvalue weighted by atomic mass is 79.9. The summed E-state index contributed by atoms with van der Waals surface area (Å²) in [6, 6.07) is 2.79. The third-order valence-electron chi connectivity index (χ3n) is 5.32. The second-order valence-corrected chi connectivity index (χ2v) is 7.80. The van der Waals surface area contributed by atoms with Gasteiger partial charge in [0.25, 0.3) is 0 Å². The minimum Gasteiger partial charge on any atom is -0.340 e. The molecule has 3 aliphatic rings. The van der Waals surface area contributed by atoms with E-state index in [1.807, 2.05) is 0 Å². The number of hydrogen-bond acceptors (Lipinski definition) is 2. The molecule has 0 aromatic carbocycles. The van der Waals surface area contributed by atoms with Crippen LogP contribution >= 0.6 is 15.9 Å². The zero-order chi connectivity index (χ0) is 14.0. The van der Waals surface area contributed by atoms with Crippen molar-refractivity contribution in [3.63, 3.8) is 0 Å². The summed E-state index contributed by atoms with van der Waals surface area (Å²) in [6.45, 7) is 0. The Kier molecular flexibility index (Phi) is 2.50. The van der Waals surface area contributed by atoms with Crippen LogP contribution in [0.15, 0.2) is 22.9 Å². The van der Waals surface area contributed by atoms with Crippen molar-refractivity contribution in [3.8, 4) is 0 Å². The Bertz CT molecular complexity index is 689. The molecule has 3 aliphatic carbocycles. The van der Waals surface area contributed by atoms with E-state index in [0.29, 0.717) is 12.0 Å². The van der Waals surface area contributed by atoms with Crippen molar-refractivity contribution in [2.75, 3.05) is 0 Å². The molecule has 0 unspecified atom stereocenters. The van der Waals surface area contributed by atoms with Crippen molar-refractivity contribution < 1.29 is 0 Å². The van der Waals surface area contributed by atoms with Crippen molar-refractivity contribution in [3.05, 3.63) is 34.6 Å². The second-order valence-electron chi connectivity index (χ2n) is 6.88. The molecule has 4 nitrogen and oxygen atoms in total. The predicted octanol–water partition coefficient (Wildman–Crippen LogP) is 3.98. The molecule has 0 N–H and O–H groups in total. The van der Waals surface area contributed by atoms with Crippen LogP contribution in [0.4, 0.5) is 0 Å². The molecule has 0 amide bonds. The number of aromatic nitrogens is 4. The van der Waals surface area contributed by atoms with Gasteiger partial charge in [0.1, 0.15) is 11.4 Å². The van der Waals surface area contributed by atoms with E-state index in [1.54, 1.807) is 0 Å². The van der Waals surface area contributed by atoms with Gasteiger partial charge in [-0.25, -0.2) is 0 Å². The average Bonchev–Trinajstić information content (AvgIpc) is 3.35. The first-order valence-electron chi connectivity index (χ1n) is 8.07. The molecule has 5 rings (SSSR count). The van der Waals surface area contributed by atoms with Gasteiger partial charge >= 0.3 is 0 Å². The van der Waals surface area contributed by atoms with Crippen LogP contribution in [0.1, 0.15) is 68.6 Å². The van der Waals surface area contributed by atoms with E-state index in [1.165, 1.54) is 56.6 Å². The lowest BCUT2D eigenvalue weighted by atomic mass is 9.75. The van der Waals surface area contributed by atoms with E-state index in [2.05, 4.69) is 48.6 Å². The summed E-state index contributed by atoms with van der Waals surface area (Å²) in [4.78, 5) is 0. The molecule has 0 aliphatic heterocycles. The van der Waals surface area contributed by atoms with Crippen molar-refractivity contribution >= 4 is 15.9 Å². The van der Waals surface area contributed by atoms with E-state index in [-0.39, 0.29) is 5.54 Å². The van der Waals surface area contributed by atoms with E-state index in [4.69, 9.17) is 5.10 Å². The molecule has 0 bridgehead atoms. The van der Waals surface area contributed by atoms with Gasteiger partial charge < -0.3 is 9.13 Å². The number of halogens is 1. The Morgan fingerprint density at radius 1 is 1.14 bits per heavy atom. The molecule has 5 heteroatoms. The molecule has 2 heterocycles. The van der Waals surface area contributed by atoms with Crippen molar-refractivity contribution in [2.45, 2.75) is 62.4 Å². The molecule has 0 radical (unpaired) electrons. The fourth-order valence-corrected chi connectivity index (χ4v) is 4.02. The minimum absolute atomic E-state index is 0.0503. The van der Waals surface area contributed by atoms with Crippen molar-refractivity contribution in [2.24, 2.45) is 0 Å². The summed E-state index contributed by atoms with van der Waals surface area (Å²) in [6.07, 6.45) is 13.2. The summed E-state index contributed by atoms with van der Waals surface area (Å²) in [7, 11) is 0. The molecule has 0 saturated heterocycles. The molecule has 3 saturated carbocycles. The van der Waals surface area contributed by atoms with Crippen LogP contribution in [0.5, 0.6) is 0 Å². The third-order valence-corrected chi connectivity index (χ3v) is 5.79. The zero-order valence-electron chi connectivity index (χ0n) is 12.0. The Morgan fingerprint density at radius 2 is 1.95 bits per heavy atom. The standard InChI is InChI=1S/C16H19BrN4/c17-12-6-9-20(10-12)16(7-1-8-16)15-19-18-14(11-2-3-11)21(15)13-4-5-13/h6,9-11,13H,1-5,7-8H2. The SMILES string of the molecule is Brc1ccn(C2(c3nnc(C4CC4)n3C3CC3)CCC2)c1. The summed E-state index contributed by atoms with van der Waals surface area (Å²) in [5.74, 6) is 3.17. The second kappa shape index (κ2) is 4.22. The van der Waals surface area contributed by atoms with Crippen LogP contribution in [-0.2, 0) is 5.54 Å². The van der Waals surface area contributed by atoms with Crippen LogP contribution in [0.3, 0.4) is 0 Å². The van der Waals surface area contributed by atoms with E-state index in [0.717, 1.165) is 4.47 Å². The highest BCUT2D eigenvalue weighted by molar-refractivity contribution is 9.10. The van der Waals surface area contributed by atoms with Gasteiger partial charge in [0.15, 0.2) is 5.82 Å². The average molecular weight is 347 g/mol.